The first kappa shape index (κ1) is 15.3. The first-order valence-corrected chi connectivity index (χ1v) is 8.43. The molecule has 1 aliphatic heterocycles. The van der Waals surface area contributed by atoms with Crippen LogP contribution in [-0.2, 0) is 0 Å². The lowest BCUT2D eigenvalue weighted by atomic mass is 9.84. The highest BCUT2D eigenvalue weighted by Crippen LogP contribution is 2.40. The highest BCUT2D eigenvalue weighted by molar-refractivity contribution is 4.93. The summed E-state index contributed by atoms with van der Waals surface area (Å²) in [6.45, 7) is 13.1. The Bertz CT molecular complexity index is 273. The van der Waals surface area contributed by atoms with Gasteiger partial charge in [-0.15, -0.1) is 0 Å². The van der Waals surface area contributed by atoms with Gasteiger partial charge in [-0.05, 0) is 64.8 Å². The third-order valence-electron chi connectivity index (χ3n) is 5.17. The minimum Gasteiger partial charge on any atom is -0.311 e. The molecule has 0 aromatic rings. The summed E-state index contributed by atoms with van der Waals surface area (Å²) in [5.41, 5.74) is 0.815. The van der Waals surface area contributed by atoms with Crippen LogP contribution in [-0.4, -0.2) is 36.1 Å². The summed E-state index contributed by atoms with van der Waals surface area (Å²) in [5, 5.41) is 3.78. The molecule has 0 aromatic heterocycles. The van der Waals surface area contributed by atoms with Crippen molar-refractivity contribution in [1.29, 1.82) is 0 Å². The first-order valence-electron chi connectivity index (χ1n) is 8.43. The molecule has 0 amide bonds. The predicted molar refractivity (Wildman–Crippen MR) is 83.5 cm³/mol. The highest BCUT2D eigenvalue weighted by Gasteiger charge is 2.38. The Hall–Kier alpha value is -0.0800. The maximum atomic E-state index is 3.78. The van der Waals surface area contributed by atoms with E-state index in [-0.39, 0.29) is 5.54 Å². The lowest BCUT2D eigenvalue weighted by Gasteiger charge is -2.38. The van der Waals surface area contributed by atoms with Gasteiger partial charge in [-0.1, -0.05) is 19.8 Å². The largest absolute Gasteiger partial charge is 0.311 e. The summed E-state index contributed by atoms with van der Waals surface area (Å²) in [7, 11) is 0. The third kappa shape index (κ3) is 4.19. The van der Waals surface area contributed by atoms with Crippen LogP contribution >= 0.6 is 0 Å². The summed E-state index contributed by atoms with van der Waals surface area (Å²) in [4.78, 5) is 2.80. The molecule has 2 fully saturated rings. The molecule has 1 atom stereocenters. The van der Waals surface area contributed by atoms with Crippen LogP contribution in [0, 0.1) is 5.41 Å². The summed E-state index contributed by atoms with van der Waals surface area (Å²) in [6, 6.07) is 0.868. The number of hydrogen-bond acceptors (Lipinski definition) is 2. The van der Waals surface area contributed by atoms with E-state index in [0.717, 1.165) is 6.04 Å². The minimum atomic E-state index is 0.255. The molecule has 2 aliphatic rings. The smallest absolute Gasteiger partial charge is 0.00967 e. The zero-order valence-electron chi connectivity index (χ0n) is 13.6. The number of nitrogens with one attached hydrogen (secondary N) is 1. The molecule has 2 nitrogen and oxygen atoms in total. The topological polar surface area (TPSA) is 15.3 Å². The van der Waals surface area contributed by atoms with Crippen LogP contribution in [0.25, 0.3) is 0 Å². The lowest BCUT2D eigenvalue weighted by molar-refractivity contribution is 0.128. The van der Waals surface area contributed by atoms with E-state index < -0.39 is 0 Å². The van der Waals surface area contributed by atoms with E-state index in [1.807, 2.05) is 0 Å². The summed E-state index contributed by atoms with van der Waals surface area (Å²) < 4.78 is 0. The number of hydrogen-bond donors (Lipinski definition) is 1. The second-order valence-electron chi connectivity index (χ2n) is 7.99. The zero-order valence-corrected chi connectivity index (χ0v) is 13.6. The van der Waals surface area contributed by atoms with Crippen molar-refractivity contribution in [2.75, 3.05) is 19.6 Å². The van der Waals surface area contributed by atoms with E-state index in [1.165, 1.54) is 64.6 Å². The molecular weight excluding hydrogens is 232 g/mol. The Balaban J connectivity index is 1.95. The minimum absolute atomic E-state index is 0.255. The zero-order chi connectivity index (χ0) is 13.9. The number of likely N-dealkylation sites (tertiary alicyclic amines) is 1. The monoisotopic (exact) mass is 266 g/mol. The SMILES string of the molecule is CCC1CCCN1CC1(CNC(C)(C)C)CCCC1. The molecule has 1 unspecified atom stereocenters. The predicted octanol–water partition coefficient (Wildman–Crippen LogP) is 3.81. The van der Waals surface area contributed by atoms with E-state index in [9.17, 15) is 0 Å². The van der Waals surface area contributed by atoms with Gasteiger partial charge < -0.3 is 5.32 Å². The van der Waals surface area contributed by atoms with Crippen LogP contribution in [0.4, 0.5) is 0 Å². The molecule has 0 radical (unpaired) electrons. The van der Waals surface area contributed by atoms with Gasteiger partial charge in [0.1, 0.15) is 0 Å². The van der Waals surface area contributed by atoms with Crippen molar-refractivity contribution >= 4 is 0 Å². The van der Waals surface area contributed by atoms with Crippen LogP contribution in [0.2, 0.25) is 0 Å². The van der Waals surface area contributed by atoms with Crippen LogP contribution in [0.5, 0.6) is 0 Å². The van der Waals surface area contributed by atoms with Gasteiger partial charge in [0.05, 0.1) is 0 Å². The van der Waals surface area contributed by atoms with Gasteiger partial charge in [0.15, 0.2) is 0 Å². The average molecular weight is 266 g/mol. The van der Waals surface area contributed by atoms with Crippen molar-refractivity contribution in [3.63, 3.8) is 0 Å². The Morgan fingerprint density at radius 3 is 2.42 bits per heavy atom. The van der Waals surface area contributed by atoms with Crippen molar-refractivity contribution in [3.8, 4) is 0 Å². The molecule has 1 N–H and O–H groups in total. The van der Waals surface area contributed by atoms with Crippen molar-refractivity contribution in [2.24, 2.45) is 5.41 Å². The first-order chi connectivity index (χ1) is 8.94. The maximum Gasteiger partial charge on any atom is 0.00967 e. The average Bonchev–Trinajstić information content (AvgIpc) is 2.96. The fraction of sp³-hybridized carbons (Fsp3) is 1.00. The Morgan fingerprint density at radius 2 is 1.84 bits per heavy atom. The summed E-state index contributed by atoms with van der Waals surface area (Å²) in [5.74, 6) is 0. The van der Waals surface area contributed by atoms with Gasteiger partial charge in [0, 0.05) is 24.7 Å². The van der Waals surface area contributed by atoms with Crippen LogP contribution in [0.15, 0.2) is 0 Å². The molecule has 1 saturated heterocycles. The van der Waals surface area contributed by atoms with Gasteiger partial charge >= 0.3 is 0 Å². The van der Waals surface area contributed by atoms with E-state index >= 15 is 0 Å². The van der Waals surface area contributed by atoms with E-state index in [0.29, 0.717) is 5.41 Å². The molecule has 2 rings (SSSR count). The van der Waals surface area contributed by atoms with Gasteiger partial charge in [-0.2, -0.15) is 0 Å². The van der Waals surface area contributed by atoms with Gasteiger partial charge in [0.2, 0.25) is 0 Å². The number of rotatable bonds is 5. The van der Waals surface area contributed by atoms with Crippen LogP contribution in [0.3, 0.4) is 0 Å². The van der Waals surface area contributed by atoms with Gasteiger partial charge in [0.25, 0.3) is 0 Å². The third-order valence-corrected chi connectivity index (χ3v) is 5.17. The van der Waals surface area contributed by atoms with Crippen molar-refractivity contribution in [1.82, 2.24) is 10.2 Å². The van der Waals surface area contributed by atoms with E-state index in [2.05, 4.69) is 37.9 Å². The van der Waals surface area contributed by atoms with Crippen molar-refractivity contribution in [2.45, 2.75) is 84.2 Å². The normalized spacial score (nSPS) is 28.1. The second kappa shape index (κ2) is 6.13. The summed E-state index contributed by atoms with van der Waals surface area (Å²) >= 11 is 0. The molecule has 0 spiro atoms. The molecule has 19 heavy (non-hydrogen) atoms. The van der Waals surface area contributed by atoms with Gasteiger partial charge in [-0.25, -0.2) is 0 Å². The van der Waals surface area contributed by atoms with E-state index in [4.69, 9.17) is 0 Å². The number of nitrogens with zero attached hydrogens (tertiary/aromatic N) is 1. The Kier molecular flexibility index (Phi) is 4.94. The summed E-state index contributed by atoms with van der Waals surface area (Å²) in [6.07, 6.45) is 9.93. The molecule has 0 bridgehead atoms. The molecular formula is C17H34N2. The van der Waals surface area contributed by atoms with Crippen molar-refractivity contribution in [3.05, 3.63) is 0 Å². The molecule has 1 aliphatic carbocycles. The quantitative estimate of drug-likeness (QED) is 0.814. The maximum absolute atomic E-state index is 3.78. The second-order valence-corrected chi connectivity index (χ2v) is 7.99. The lowest BCUT2D eigenvalue weighted by Crippen LogP contribution is -2.48. The fourth-order valence-corrected chi connectivity index (χ4v) is 3.96. The molecule has 2 heteroatoms. The molecule has 0 aromatic carbocycles. The Morgan fingerprint density at radius 1 is 1.16 bits per heavy atom. The molecule has 112 valence electrons. The van der Waals surface area contributed by atoms with Crippen LogP contribution in [0.1, 0.15) is 72.6 Å². The molecule has 1 heterocycles. The van der Waals surface area contributed by atoms with Gasteiger partial charge in [-0.3, -0.25) is 4.90 Å². The highest BCUT2D eigenvalue weighted by atomic mass is 15.2. The standard InChI is InChI=1S/C17H34N2/c1-5-15-9-8-12-19(15)14-17(10-6-7-11-17)13-18-16(2,3)4/h15,18H,5-14H2,1-4H3. The fourth-order valence-electron chi connectivity index (χ4n) is 3.96. The van der Waals surface area contributed by atoms with E-state index in [1.54, 1.807) is 0 Å². The van der Waals surface area contributed by atoms with Crippen molar-refractivity contribution < 1.29 is 0 Å². The van der Waals surface area contributed by atoms with Crippen LogP contribution < -0.4 is 5.32 Å². The Labute approximate surface area is 120 Å². The molecule has 1 saturated carbocycles.